The fraction of sp³-hybridized carbons (Fsp3) is 0.250. The van der Waals surface area contributed by atoms with Crippen LogP contribution in [0.15, 0.2) is 48.5 Å². The Hall–Kier alpha value is -3.15. The predicted octanol–water partition coefficient (Wildman–Crippen LogP) is 2.26. The van der Waals surface area contributed by atoms with Crippen LogP contribution >= 0.6 is 0 Å². The molecule has 0 aliphatic heterocycles. The van der Waals surface area contributed by atoms with Crippen molar-refractivity contribution in [2.45, 2.75) is 25.8 Å². The Kier molecular flexibility index (Phi) is 5.31. The Morgan fingerprint density at radius 2 is 1.65 bits per heavy atom. The number of rotatable bonds is 6. The van der Waals surface area contributed by atoms with Gasteiger partial charge in [-0.25, -0.2) is 0 Å². The number of hydrogen-bond acceptors (Lipinski definition) is 3. The molecule has 134 valence electrons. The van der Waals surface area contributed by atoms with Gasteiger partial charge in [-0.15, -0.1) is 0 Å². The molecule has 0 bridgehead atoms. The molecule has 1 fully saturated rings. The van der Waals surface area contributed by atoms with E-state index in [1.807, 2.05) is 13.0 Å². The molecule has 3 rings (SSSR count). The quantitative estimate of drug-likeness (QED) is 0.746. The number of aryl methyl sites for hydroxylation is 1. The first kappa shape index (κ1) is 17.7. The predicted molar refractivity (Wildman–Crippen MR) is 99.1 cm³/mol. The molecule has 1 aliphatic rings. The summed E-state index contributed by atoms with van der Waals surface area (Å²) in [5.41, 5.74) is 2.50. The zero-order valence-corrected chi connectivity index (χ0v) is 14.5. The van der Waals surface area contributed by atoms with Gasteiger partial charge in [0, 0.05) is 22.9 Å². The first-order valence-electron chi connectivity index (χ1n) is 8.57. The monoisotopic (exact) mass is 351 g/mol. The maximum atomic E-state index is 12.1. The van der Waals surface area contributed by atoms with E-state index in [-0.39, 0.29) is 30.3 Å². The molecule has 6 heteroatoms. The van der Waals surface area contributed by atoms with Gasteiger partial charge in [-0.1, -0.05) is 23.8 Å². The molecule has 1 saturated carbocycles. The van der Waals surface area contributed by atoms with Crippen LogP contribution in [0.5, 0.6) is 0 Å². The molecule has 0 unspecified atom stereocenters. The number of carbonyl (C=O) groups is 3. The van der Waals surface area contributed by atoms with Crippen molar-refractivity contribution in [2.24, 2.45) is 0 Å². The molecule has 3 N–H and O–H groups in total. The normalized spacial score (nSPS) is 13.0. The Balaban J connectivity index is 1.53. The molecule has 0 heterocycles. The number of benzene rings is 2. The molecule has 0 atom stereocenters. The molecule has 2 aromatic rings. The lowest BCUT2D eigenvalue weighted by Gasteiger charge is -2.09. The van der Waals surface area contributed by atoms with Crippen molar-refractivity contribution in [2.75, 3.05) is 11.9 Å². The Morgan fingerprint density at radius 3 is 2.35 bits per heavy atom. The van der Waals surface area contributed by atoms with E-state index < -0.39 is 0 Å². The van der Waals surface area contributed by atoms with Crippen molar-refractivity contribution in [1.29, 1.82) is 0 Å². The van der Waals surface area contributed by atoms with Crippen molar-refractivity contribution >= 4 is 23.4 Å². The highest BCUT2D eigenvalue weighted by Gasteiger charge is 2.23. The van der Waals surface area contributed by atoms with Crippen LogP contribution in [0, 0.1) is 6.92 Å². The van der Waals surface area contributed by atoms with Crippen molar-refractivity contribution < 1.29 is 14.4 Å². The molecule has 0 spiro atoms. The average Bonchev–Trinajstić information content (AvgIpc) is 3.44. The summed E-state index contributed by atoms with van der Waals surface area (Å²) in [5.74, 6) is -0.802. The Morgan fingerprint density at radius 1 is 0.962 bits per heavy atom. The summed E-state index contributed by atoms with van der Waals surface area (Å²) in [6.07, 6.45) is 2.03. The maximum absolute atomic E-state index is 12.1. The van der Waals surface area contributed by atoms with Crippen LogP contribution < -0.4 is 16.0 Å². The summed E-state index contributed by atoms with van der Waals surface area (Å²) in [5, 5.41) is 8.18. The van der Waals surface area contributed by atoms with Crippen LogP contribution in [0.4, 0.5) is 5.69 Å². The topological polar surface area (TPSA) is 87.3 Å². The lowest BCUT2D eigenvalue weighted by molar-refractivity contribution is -0.115. The maximum Gasteiger partial charge on any atom is 0.251 e. The molecule has 0 aromatic heterocycles. The molecular formula is C20H21N3O3. The minimum atomic E-state index is -0.356. The van der Waals surface area contributed by atoms with E-state index in [1.54, 1.807) is 42.5 Å². The van der Waals surface area contributed by atoms with Crippen molar-refractivity contribution in [3.05, 3.63) is 65.2 Å². The molecular weight excluding hydrogens is 330 g/mol. The van der Waals surface area contributed by atoms with Gasteiger partial charge < -0.3 is 16.0 Å². The first-order valence-corrected chi connectivity index (χ1v) is 8.57. The molecule has 0 saturated heterocycles. The van der Waals surface area contributed by atoms with E-state index in [2.05, 4.69) is 16.0 Å². The summed E-state index contributed by atoms with van der Waals surface area (Å²) in [6, 6.07) is 14.2. The number of carbonyl (C=O) groups excluding carboxylic acids is 3. The van der Waals surface area contributed by atoms with Gasteiger partial charge in [-0.2, -0.15) is 0 Å². The Bertz CT molecular complexity index is 844. The van der Waals surface area contributed by atoms with Gasteiger partial charge in [0.25, 0.3) is 11.8 Å². The van der Waals surface area contributed by atoms with E-state index in [4.69, 9.17) is 0 Å². The largest absolute Gasteiger partial charge is 0.349 e. The summed E-state index contributed by atoms with van der Waals surface area (Å²) in [6.45, 7) is 1.75. The van der Waals surface area contributed by atoms with E-state index in [1.165, 1.54) is 0 Å². The second-order valence-corrected chi connectivity index (χ2v) is 6.43. The number of amides is 3. The van der Waals surface area contributed by atoms with E-state index in [0.717, 1.165) is 18.4 Å². The molecule has 6 nitrogen and oxygen atoms in total. The van der Waals surface area contributed by atoms with Crippen LogP contribution in [-0.2, 0) is 4.79 Å². The Labute approximate surface area is 152 Å². The van der Waals surface area contributed by atoms with Gasteiger partial charge >= 0.3 is 0 Å². The minimum Gasteiger partial charge on any atom is -0.349 e. The molecule has 0 radical (unpaired) electrons. The van der Waals surface area contributed by atoms with Crippen LogP contribution in [-0.4, -0.2) is 30.3 Å². The lowest BCUT2D eigenvalue weighted by Crippen LogP contribution is -2.33. The first-order chi connectivity index (χ1) is 12.5. The minimum absolute atomic E-state index is 0.142. The van der Waals surface area contributed by atoms with Gasteiger partial charge in [-0.05, 0) is 50.1 Å². The number of hydrogen-bond donors (Lipinski definition) is 3. The summed E-state index contributed by atoms with van der Waals surface area (Å²) in [7, 11) is 0. The van der Waals surface area contributed by atoms with Gasteiger partial charge in [0.2, 0.25) is 5.91 Å². The van der Waals surface area contributed by atoms with Crippen LogP contribution in [0.1, 0.15) is 39.1 Å². The SMILES string of the molecule is Cc1cccc(C(=O)NCC(=O)Nc2cccc(C(=O)NC3CC3)c2)c1. The van der Waals surface area contributed by atoms with Crippen molar-refractivity contribution in [1.82, 2.24) is 10.6 Å². The summed E-state index contributed by atoms with van der Waals surface area (Å²) in [4.78, 5) is 36.2. The fourth-order valence-corrected chi connectivity index (χ4v) is 2.49. The van der Waals surface area contributed by atoms with Crippen LogP contribution in [0.25, 0.3) is 0 Å². The number of nitrogens with one attached hydrogen (secondary N) is 3. The molecule has 26 heavy (non-hydrogen) atoms. The van der Waals surface area contributed by atoms with Crippen molar-refractivity contribution in [3.63, 3.8) is 0 Å². The third-order valence-electron chi connectivity index (χ3n) is 4.01. The highest BCUT2D eigenvalue weighted by atomic mass is 16.2. The summed E-state index contributed by atoms with van der Waals surface area (Å²) < 4.78 is 0. The molecule has 3 amide bonds. The van der Waals surface area contributed by atoms with E-state index in [0.29, 0.717) is 16.8 Å². The smallest absolute Gasteiger partial charge is 0.251 e. The summed E-state index contributed by atoms with van der Waals surface area (Å²) >= 11 is 0. The molecule has 1 aliphatic carbocycles. The lowest BCUT2D eigenvalue weighted by atomic mass is 10.1. The van der Waals surface area contributed by atoms with Gasteiger partial charge in [-0.3, -0.25) is 14.4 Å². The molecule has 2 aromatic carbocycles. The van der Waals surface area contributed by atoms with Crippen LogP contribution in [0.2, 0.25) is 0 Å². The standard InChI is InChI=1S/C20H21N3O3/c1-13-4-2-5-14(10-13)19(25)21-12-18(24)22-17-7-3-6-15(11-17)20(26)23-16-8-9-16/h2-7,10-11,16H,8-9,12H2,1H3,(H,21,25)(H,22,24)(H,23,26). The van der Waals surface area contributed by atoms with Gasteiger partial charge in [0.05, 0.1) is 6.54 Å². The second-order valence-electron chi connectivity index (χ2n) is 6.43. The van der Waals surface area contributed by atoms with Gasteiger partial charge in [0.15, 0.2) is 0 Å². The third-order valence-corrected chi connectivity index (χ3v) is 4.01. The highest BCUT2D eigenvalue weighted by Crippen LogP contribution is 2.20. The fourth-order valence-electron chi connectivity index (χ4n) is 2.49. The van der Waals surface area contributed by atoms with E-state index in [9.17, 15) is 14.4 Å². The third kappa shape index (κ3) is 4.92. The second kappa shape index (κ2) is 7.82. The van der Waals surface area contributed by atoms with Gasteiger partial charge in [0.1, 0.15) is 0 Å². The zero-order valence-electron chi connectivity index (χ0n) is 14.5. The zero-order chi connectivity index (χ0) is 18.5. The highest BCUT2D eigenvalue weighted by molar-refractivity contribution is 6.00. The van der Waals surface area contributed by atoms with Crippen LogP contribution in [0.3, 0.4) is 0 Å². The number of anilines is 1. The van der Waals surface area contributed by atoms with Crippen molar-refractivity contribution in [3.8, 4) is 0 Å². The average molecular weight is 351 g/mol. The van der Waals surface area contributed by atoms with E-state index >= 15 is 0 Å².